The maximum atomic E-state index is 12.6. The lowest BCUT2D eigenvalue weighted by Crippen LogP contribution is -2.25. The fourth-order valence-corrected chi connectivity index (χ4v) is 3.54. The first-order chi connectivity index (χ1) is 14.4. The molecule has 4 rings (SSSR count). The number of nitrogens with one attached hydrogen (secondary N) is 1. The van der Waals surface area contributed by atoms with E-state index in [1.54, 1.807) is 6.20 Å². The van der Waals surface area contributed by atoms with Crippen molar-refractivity contribution in [3.63, 3.8) is 0 Å². The molecule has 0 fully saturated rings. The summed E-state index contributed by atoms with van der Waals surface area (Å²) in [5.74, 6) is 1.90. The Morgan fingerprint density at radius 2 is 1.80 bits per heavy atom. The number of rotatable bonds is 6. The van der Waals surface area contributed by atoms with Crippen LogP contribution >= 0.6 is 0 Å². The Morgan fingerprint density at radius 3 is 2.57 bits per heavy atom. The summed E-state index contributed by atoms with van der Waals surface area (Å²) >= 11 is 0. The van der Waals surface area contributed by atoms with Crippen LogP contribution in [-0.4, -0.2) is 20.4 Å². The maximum absolute atomic E-state index is 12.6. The maximum Gasteiger partial charge on any atom is 0.226 e. The van der Waals surface area contributed by atoms with Gasteiger partial charge in [-0.05, 0) is 39.3 Å². The average molecular weight is 402 g/mol. The number of hydrogen-bond acceptors (Lipinski definition) is 4. The number of benzene rings is 2. The smallest absolute Gasteiger partial charge is 0.226 e. The van der Waals surface area contributed by atoms with Gasteiger partial charge in [0.05, 0.1) is 17.2 Å². The lowest BCUT2D eigenvalue weighted by atomic mass is 10.1. The van der Waals surface area contributed by atoms with E-state index >= 15 is 0 Å². The largest absolute Gasteiger partial charge is 0.441 e. The standard InChI is InChI=1S/C24H26N4O2/c1-24(2,3)28-19-13-8-7-12-18(19)26-23(28)27-21(29)14-9-15-22-25-16-20(30-22)17-10-5-4-6-11-17/h4-8,10-13,16H,9,14-15H2,1-3H3,(H,26,27,29). The molecule has 2 aromatic heterocycles. The molecule has 154 valence electrons. The highest BCUT2D eigenvalue weighted by Crippen LogP contribution is 2.28. The molecule has 0 atom stereocenters. The number of oxazole rings is 1. The quantitative estimate of drug-likeness (QED) is 0.468. The van der Waals surface area contributed by atoms with Gasteiger partial charge < -0.3 is 8.98 Å². The van der Waals surface area contributed by atoms with Crippen LogP contribution in [0.4, 0.5) is 5.95 Å². The van der Waals surface area contributed by atoms with Crippen molar-refractivity contribution in [1.29, 1.82) is 0 Å². The Bertz CT molecular complexity index is 1150. The fraction of sp³-hybridized carbons (Fsp3) is 0.292. The average Bonchev–Trinajstić information content (AvgIpc) is 3.32. The minimum atomic E-state index is -0.204. The molecule has 0 saturated heterocycles. The summed E-state index contributed by atoms with van der Waals surface area (Å²) in [5.41, 5.74) is 2.67. The molecule has 0 unspecified atom stereocenters. The lowest BCUT2D eigenvalue weighted by Gasteiger charge is -2.24. The number of aryl methyl sites for hydroxylation is 1. The Labute approximate surface area is 176 Å². The van der Waals surface area contributed by atoms with E-state index in [9.17, 15) is 4.79 Å². The molecular weight excluding hydrogens is 376 g/mol. The van der Waals surface area contributed by atoms with Gasteiger partial charge in [0.25, 0.3) is 0 Å². The van der Waals surface area contributed by atoms with Crippen molar-refractivity contribution >= 4 is 22.9 Å². The van der Waals surface area contributed by atoms with Gasteiger partial charge in [-0.2, -0.15) is 0 Å². The number of amides is 1. The van der Waals surface area contributed by atoms with Gasteiger partial charge >= 0.3 is 0 Å². The molecule has 0 bridgehead atoms. The van der Waals surface area contributed by atoms with E-state index in [4.69, 9.17) is 4.42 Å². The molecule has 0 radical (unpaired) electrons. The molecule has 30 heavy (non-hydrogen) atoms. The molecule has 1 N–H and O–H groups in total. The zero-order valence-electron chi connectivity index (χ0n) is 17.6. The van der Waals surface area contributed by atoms with Crippen LogP contribution in [0.5, 0.6) is 0 Å². The first-order valence-electron chi connectivity index (χ1n) is 10.2. The first-order valence-corrected chi connectivity index (χ1v) is 10.2. The Balaban J connectivity index is 1.39. The summed E-state index contributed by atoms with van der Waals surface area (Å²) in [6, 6.07) is 17.8. The third-order valence-electron chi connectivity index (χ3n) is 4.89. The first kappa shape index (κ1) is 19.9. The zero-order valence-corrected chi connectivity index (χ0v) is 17.6. The summed E-state index contributed by atoms with van der Waals surface area (Å²) in [5, 5.41) is 2.99. The monoisotopic (exact) mass is 402 g/mol. The van der Waals surface area contributed by atoms with Gasteiger partial charge in [-0.25, -0.2) is 9.97 Å². The van der Waals surface area contributed by atoms with Gasteiger partial charge in [0.2, 0.25) is 11.9 Å². The summed E-state index contributed by atoms with van der Waals surface area (Å²) in [6.07, 6.45) is 3.36. The van der Waals surface area contributed by atoms with Crippen LogP contribution in [0, 0.1) is 0 Å². The Kier molecular flexibility index (Phi) is 5.40. The summed E-state index contributed by atoms with van der Waals surface area (Å²) in [6.45, 7) is 6.30. The van der Waals surface area contributed by atoms with Gasteiger partial charge in [0.15, 0.2) is 11.7 Å². The third-order valence-corrected chi connectivity index (χ3v) is 4.89. The molecule has 6 nitrogen and oxygen atoms in total. The van der Waals surface area contributed by atoms with Crippen molar-refractivity contribution in [3.8, 4) is 11.3 Å². The number of aromatic nitrogens is 3. The van der Waals surface area contributed by atoms with Gasteiger partial charge in [0, 0.05) is 23.9 Å². The van der Waals surface area contributed by atoms with E-state index in [0.717, 1.165) is 22.4 Å². The molecule has 6 heteroatoms. The van der Waals surface area contributed by atoms with E-state index in [0.29, 0.717) is 31.1 Å². The van der Waals surface area contributed by atoms with E-state index < -0.39 is 0 Å². The van der Waals surface area contributed by atoms with Crippen molar-refractivity contribution in [1.82, 2.24) is 14.5 Å². The minimum absolute atomic E-state index is 0.0642. The number of para-hydroxylation sites is 2. The fourth-order valence-electron chi connectivity index (χ4n) is 3.54. The van der Waals surface area contributed by atoms with Gasteiger partial charge in [-0.1, -0.05) is 42.5 Å². The van der Waals surface area contributed by atoms with Crippen LogP contribution < -0.4 is 5.32 Å². The zero-order chi connectivity index (χ0) is 21.1. The van der Waals surface area contributed by atoms with Crippen molar-refractivity contribution in [2.75, 3.05) is 5.32 Å². The van der Waals surface area contributed by atoms with Crippen molar-refractivity contribution in [2.45, 2.75) is 45.6 Å². The molecule has 0 saturated carbocycles. The van der Waals surface area contributed by atoms with Crippen LogP contribution in [0.3, 0.4) is 0 Å². The highest BCUT2D eigenvalue weighted by molar-refractivity contribution is 5.91. The number of carbonyl (C=O) groups excluding carboxylic acids is 1. The molecule has 0 spiro atoms. The van der Waals surface area contributed by atoms with Gasteiger partial charge in [0.1, 0.15) is 0 Å². The Morgan fingerprint density at radius 1 is 1.07 bits per heavy atom. The molecule has 2 aromatic carbocycles. The molecule has 0 aliphatic rings. The number of nitrogens with zero attached hydrogens (tertiary/aromatic N) is 3. The van der Waals surface area contributed by atoms with E-state index in [-0.39, 0.29) is 11.4 Å². The molecular formula is C24H26N4O2. The predicted molar refractivity (Wildman–Crippen MR) is 118 cm³/mol. The second-order valence-electron chi connectivity index (χ2n) is 8.32. The summed E-state index contributed by atoms with van der Waals surface area (Å²) in [7, 11) is 0. The van der Waals surface area contributed by atoms with Crippen LogP contribution in [0.15, 0.2) is 65.2 Å². The van der Waals surface area contributed by atoms with Crippen LogP contribution in [-0.2, 0) is 16.8 Å². The molecule has 4 aromatic rings. The Hall–Kier alpha value is -3.41. The number of anilines is 1. The van der Waals surface area contributed by atoms with Crippen molar-refractivity contribution in [2.24, 2.45) is 0 Å². The highest BCUT2D eigenvalue weighted by atomic mass is 16.4. The number of carbonyl (C=O) groups is 1. The second kappa shape index (κ2) is 8.14. The predicted octanol–water partition coefficient (Wildman–Crippen LogP) is 5.41. The second-order valence-corrected chi connectivity index (χ2v) is 8.32. The highest BCUT2D eigenvalue weighted by Gasteiger charge is 2.22. The number of fused-ring (bicyclic) bond motifs is 1. The summed E-state index contributed by atoms with van der Waals surface area (Å²) < 4.78 is 7.88. The third kappa shape index (κ3) is 4.27. The molecule has 0 aliphatic heterocycles. The van der Waals surface area contributed by atoms with Gasteiger partial charge in [-0.3, -0.25) is 10.1 Å². The number of imidazole rings is 1. The molecule has 0 aliphatic carbocycles. The van der Waals surface area contributed by atoms with Crippen molar-refractivity contribution < 1.29 is 9.21 Å². The summed E-state index contributed by atoms with van der Waals surface area (Å²) in [4.78, 5) is 21.5. The SMILES string of the molecule is CC(C)(C)n1c(NC(=O)CCCc2ncc(-c3ccccc3)o2)nc2ccccc21. The number of hydrogen-bond donors (Lipinski definition) is 1. The molecule has 1 amide bonds. The molecule has 2 heterocycles. The topological polar surface area (TPSA) is 73.0 Å². The lowest BCUT2D eigenvalue weighted by molar-refractivity contribution is -0.116. The van der Waals surface area contributed by atoms with E-state index in [1.807, 2.05) is 54.6 Å². The normalized spacial score (nSPS) is 11.7. The van der Waals surface area contributed by atoms with E-state index in [1.165, 1.54) is 0 Å². The van der Waals surface area contributed by atoms with Crippen molar-refractivity contribution in [3.05, 3.63) is 66.7 Å². The van der Waals surface area contributed by atoms with Gasteiger partial charge in [-0.15, -0.1) is 0 Å². The minimum Gasteiger partial charge on any atom is -0.441 e. The van der Waals surface area contributed by atoms with Crippen LogP contribution in [0.1, 0.15) is 39.5 Å². The van der Waals surface area contributed by atoms with Crippen LogP contribution in [0.25, 0.3) is 22.4 Å². The van der Waals surface area contributed by atoms with E-state index in [2.05, 4.69) is 40.6 Å². The van der Waals surface area contributed by atoms with Crippen LogP contribution in [0.2, 0.25) is 0 Å².